The lowest BCUT2D eigenvalue weighted by Crippen LogP contribution is -2.29. The zero-order valence-corrected chi connectivity index (χ0v) is 12.3. The van der Waals surface area contributed by atoms with Gasteiger partial charge in [-0.05, 0) is 52.0 Å². The number of aromatic nitrogens is 1. The van der Waals surface area contributed by atoms with Crippen LogP contribution < -0.4 is 4.74 Å². The van der Waals surface area contributed by atoms with Crippen LogP contribution in [-0.4, -0.2) is 55.1 Å². The summed E-state index contributed by atoms with van der Waals surface area (Å²) in [4.78, 5) is 9.17. The van der Waals surface area contributed by atoms with Gasteiger partial charge in [0.1, 0.15) is 0 Å². The van der Waals surface area contributed by atoms with E-state index in [9.17, 15) is 0 Å². The van der Waals surface area contributed by atoms with Crippen LogP contribution in [0.1, 0.15) is 24.8 Å². The SMILES string of the molecule is COc1ccc(CN2CCCC(N(C)C)CC2)cn1. The Morgan fingerprint density at radius 3 is 2.79 bits per heavy atom. The van der Waals surface area contributed by atoms with Gasteiger partial charge in [0.05, 0.1) is 7.11 Å². The molecular weight excluding hydrogens is 238 g/mol. The lowest BCUT2D eigenvalue weighted by atomic mass is 10.1. The number of nitrogens with zero attached hydrogens (tertiary/aromatic N) is 3. The number of likely N-dealkylation sites (tertiary alicyclic amines) is 1. The molecule has 1 aromatic heterocycles. The van der Waals surface area contributed by atoms with Crippen molar-refractivity contribution in [1.29, 1.82) is 0 Å². The molecule has 0 radical (unpaired) electrons. The van der Waals surface area contributed by atoms with Crippen molar-refractivity contribution in [2.45, 2.75) is 31.8 Å². The molecule has 2 heterocycles. The van der Waals surface area contributed by atoms with E-state index in [-0.39, 0.29) is 0 Å². The van der Waals surface area contributed by atoms with Gasteiger partial charge in [0.15, 0.2) is 0 Å². The molecular formula is C15H25N3O. The lowest BCUT2D eigenvalue weighted by Gasteiger charge is -2.23. The van der Waals surface area contributed by atoms with E-state index in [1.807, 2.05) is 12.3 Å². The molecule has 1 atom stereocenters. The monoisotopic (exact) mass is 263 g/mol. The van der Waals surface area contributed by atoms with Crippen molar-refractivity contribution in [2.24, 2.45) is 0 Å². The van der Waals surface area contributed by atoms with Crippen LogP contribution in [0.2, 0.25) is 0 Å². The van der Waals surface area contributed by atoms with Gasteiger partial charge < -0.3 is 9.64 Å². The van der Waals surface area contributed by atoms with Crippen LogP contribution in [0.3, 0.4) is 0 Å². The Balaban J connectivity index is 1.88. The Morgan fingerprint density at radius 1 is 1.32 bits per heavy atom. The van der Waals surface area contributed by atoms with Gasteiger partial charge in [-0.2, -0.15) is 0 Å². The number of rotatable bonds is 4. The lowest BCUT2D eigenvalue weighted by molar-refractivity contribution is 0.245. The fraction of sp³-hybridized carbons (Fsp3) is 0.667. The normalized spacial score (nSPS) is 21.4. The zero-order chi connectivity index (χ0) is 13.7. The van der Waals surface area contributed by atoms with Crippen LogP contribution in [0.25, 0.3) is 0 Å². The molecule has 106 valence electrons. The molecule has 1 aliphatic rings. The topological polar surface area (TPSA) is 28.6 Å². The van der Waals surface area contributed by atoms with E-state index in [1.165, 1.54) is 37.9 Å². The highest BCUT2D eigenvalue weighted by atomic mass is 16.5. The van der Waals surface area contributed by atoms with Crippen molar-refractivity contribution in [3.8, 4) is 5.88 Å². The Labute approximate surface area is 116 Å². The molecule has 0 N–H and O–H groups in total. The summed E-state index contributed by atoms with van der Waals surface area (Å²) in [6.07, 6.45) is 5.78. The first-order chi connectivity index (χ1) is 9.19. The van der Waals surface area contributed by atoms with E-state index in [4.69, 9.17) is 4.74 Å². The van der Waals surface area contributed by atoms with E-state index in [0.717, 1.165) is 12.6 Å². The second-order valence-corrected chi connectivity index (χ2v) is 5.53. The standard InChI is InChI=1S/C15H25N3O/c1-17(2)14-5-4-9-18(10-8-14)12-13-6-7-15(19-3)16-11-13/h6-7,11,14H,4-5,8-10,12H2,1-3H3. The second-order valence-electron chi connectivity index (χ2n) is 5.53. The second kappa shape index (κ2) is 6.87. The van der Waals surface area contributed by atoms with Crippen molar-refractivity contribution in [3.05, 3.63) is 23.9 Å². The van der Waals surface area contributed by atoms with Crippen LogP contribution >= 0.6 is 0 Å². The molecule has 4 heteroatoms. The number of hydrogen-bond donors (Lipinski definition) is 0. The molecule has 0 spiro atoms. The molecule has 2 rings (SSSR count). The van der Waals surface area contributed by atoms with Gasteiger partial charge in [-0.3, -0.25) is 4.90 Å². The quantitative estimate of drug-likeness (QED) is 0.831. The number of hydrogen-bond acceptors (Lipinski definition) is 4. The summed E-state index contributed by atoms with van der Waals surface area (Å²) in [5.41, 5.74) is 1.27. The average Bonchev–Trinajstić information content (AvgIpc) is 2.65. The first-order valence-electron chi connectivity index (χ1n) is 7.06. The molecule has 1 aromatic rings. The van der Waals surface area contributed by atoms with Crippen LogP contribution in [0, 0.1) is 0 Å². The maximum atomic E-state index is 5.09. The molecule has 1 unspecified atom stereocenters. The smallest absolute Gasteiger partial charge is 0.212 e. The summed E-state index contributed by atoms with van der Waals surface area (Å²) in [5.74, 6) is 0.687. The van der Waals surface area contributed by atoms with Crippen molar-refractivity contribution in [1.82, 2.24) is 14.8 Å². The van der Waals surface area contributed by atoms with Crippen molar-refractivity contribution < 1.29 is 4.74 Å². The minimum atomic E-state index is 0.687. The molecule has 0 saturated carbocycles. The zero-order valence-electron chi connectivity index (χ0n) is 12.3. The predicted molar refractivity (Wildman–Crippen MR) is 77.4 cm³/mol. The summed E-state index contributed by atoms with van der Waals surface area (Å²) in [5, 5.41) is 0. The van der Waals surface area contributed by atoms with E-state index in [1.54, 1.807) is 7.11 Å². The fourth-order valence-electron chi connectivity index (χ4n) is 2.70. The summed E-state index contributed by atoms with van der Waals surface area (Å²) < 4.78 is 5.09. The van der Waals surface area contributed by atoms with Crippen LogP contribution in [-0.2, 0) is 6.54 Å². The third kappa shape index (κ3) is 4.18. The van der Waals surface area contributed by atoms with Gasteiger partial charge >= 0.3 is 0 Å². The first kappa shape index (κ1) is 14.3. The Morgan fingerprint density at radius 2 is 2.16 bits per heavy atom. The number of pyridine rings is 1. The molecule has 19 heavy (non-hydrogen) atoms. The largest absolute Gasteiger partial charge is 0.481 e. The fourth-order valence-corrected chi connectivity index (χ4v) is 2.70. The summed E-state index contributed by atoms with van der Waals surface area (Å²) in [6, 6.07) is 4.79. The van der Waals surface area contributed by atoms with E-state index in [0.29, 0.717) is 5.88 Å². The van der Waals surface area contributed by atoms with Crippen LogP contribution in [0.4, 0.5) is 0 Å². The van der Waals surface area contributed by atoms with Crippen molar-refractivity contribution in [3.63, 3.8) is 0 Å². The molecule has 1 fully saturated rings. The molecule has 0 bridgehead atoms. The molecule has 1 aliphatic heterocycles. The van der Waals surface area contributed by atoms with Crippen molar-refractivity contribution >= 4 is 0 Å². The maximum Gasteiger partial charge on any atom is 0.212 e. The summed E-state index contributed by atoms with van der Waals surface area (Å²) in [6.45, 7) is 3.36. The summed E-state index contributed by atoms with van der Waals surface area (Å²) >= 11 is 0. The van der Waals surface area contributed by atoms with E-state index in [2.05, 4.69) is 34.9 Å². The average molecular weight is 263 g/mol. The van der Waals surface area contributed by atoms with E-state index < -0.39 is 0 Å². The van der Waals surface area contributed by atoms with Gasteiger partial charge in [0.25, 0.3) is 0 Å². The molecule has 0 aliphatic carbocycles. The third-order valence-corrected chi connectivity index (χ3v) is 3.93. The Bertz CT molecular complexity index is 377. The highest BCUT2D eigenvalue weighted by molar-refractivity contribution is 5.17. The highest BCUT2D eigenvalue weighted by Gasteiger charge is 2.18. The van der Waals surface area contributed by atoms with Gasteiger partial charge in [0.2, 0.25) is 5.88 Å². The highest BCUT2D eigenvalue weighted by Crippen LogP contribution is 2.17. The Kier molecular flexibility index (Phi) is 5.16. The minimum Gasteiger partial charge on any atom is -0.481 e. The molecule has 0 amide bonds. The number of methoxy groups -OCH3 is 1. The molecule has 1 saturated heterocycles. The first-order valence-corrected chi connectivity index (χ1v) is 7.06. The maximum absolute atomic E-state index is 5.09. The number of ether oxygens (including phenoxy) is 1. The van der Waals surface area contributed by atoms with Crippen LogP contribution in [0.15, 0.2) is 18.3 Å². The molecule has 4 nitrogen and oxygen atoms in total. The Hall–Kier alpha value is -1.13. The molecule has 0 aromatic carbocycles. The third-order valence-electron chi connectivity index (χ3n) is 3.93. The minimum absolute atomic E-state index is 0.687. The van der Waals surface area contributed by atoms with Gasteiger partial charge in [-0.15, -0.1) is 0 Å². The van der Waals surface area contributed by atoms with E-state index >= 15 is 0 Å². The summed E-state index contributed by atoms with van der Waals surface area (Å²) in [7, 11) is 6.03. The predicted octanol–water partition coefficient (Wildman–Crippen LogP) is 2.01. The van der Waals surface area contributed by atoms with Crippen LogP contribution in [0.5, 0.6) is 5.88 Å². The van der Waals surface area contributed by atoms with Crippen molar-refractivity contribution in [2.75, 3.05) is 34.3 Å². The van der Waals surface area contributed by atoms with Gasteiger partial charge in [-0.25, -0.2) is 4.98 Å². The van der Waals surface area contributed by atoms with Gasteiger partial charge in [-0.1, -0.05) is 6.07 Å². The van der Waals surface area contributed by atoms with Gasteiger partial charge in [0, 0.05) is 24.8 Å².